The number of hydrogen-bond donors (Lipinski definition) is 2. The number of Topliss-reactive ketones (excluding diaryl/α,β-unsaturated/α-hetero) is 1. The van der Waals surface area contributed by atoms with Crippen molar-refractivity contribution in [3.63, 3.8) is 0 Å². The second kappa shape index (κ2) is 17.9. The van der Waals surface area contributed by atoms with E-state index in [9.17, 15) is 9.18 Å². The maximum absolute atomic E-state index is 12.0. The fourth-order valence-corrected chi connectivity index (χ4v) is 1.92. The Morgan fingerprint density at radius 1 is 1.36 bits per heavy atom. The summed E-state index contributed by atoms with van der Waals surface area (Å²) in [6.07, 6.45) is 10.7. The van der Waals surface area contributed by atoms with Gasteiger partial charge in [-0.3, -0.25) is 0 Å². The molecule has 1 aliphatic rings. The van der Waals surface area contributed by atoms with Crippen molar-refractivity contribution in [2.75, 3.05) is 13.1 Å². The van der Waals surface area contributed by atoms with E-state index in [1.54, 1.807) is 6.08 Å². The minimum atomic E-state index is 0. The van der Waals surface area contributed by atoms with Gasteiger partial charge in [0.05, 0.1) is 6.33 Å². The summed E-state index contributed by atoms with van der Waals surface area (Å²) in [5.74, 6) is 0.496. The predicted octanol–water partition coefficient (Wildman–Crippen LogP) is 4.61. The average molecular weight is 317 g/mol. The molecule has 1 fully saturated rings. The van der Waals surface area contributed by atoms with Gasteiger partial charge in [0.1, 0.15) is 5.78 Å². The third-order valence-corrected chi connectivity index (χ3v) is 3.10. The van der Waals surface area contributed by atoms with Crippen LogP contribution in [0.4, 0.5) is 4.39 Å². The fourth-order valence-electron chi connectivity index (χ4n) is 1.92. The first-order valence-electron chi connectivity index (χ1n) is 8.46. The molecular formula is C18H37FN2O. The third kappa shape index (κ3) is 16.9. The van der Waals surface area contributed by atoms with E-state index < -0.39 is 0 Å². The zero-order chi connectivity index (χ0) is 17.2. The van der Waals surface area contributed by atoms with Crippen LogP contribution in [0.1, 0.15) is 61.7 Å². The van der Waals surface area contributed by atoms with Gasteiger partial charge in [0.15, 0.2) is 0 Å². The van der Waals surface area contributed by atoms with E-state index >= 15 is 0 Å². The van der Waals surface area contributed by atoms with Crippen molar-refractivity contribution >= 4 is 5.78 Å². The molecular weight excluding hydrogens is 279 g/mol. The van der Waals surface area contributed by atoms with Crippen LogP contribution in [0.5, 0.6) is 0 Å². The highest BCUT2D eigenvalue weighted by atomic mass is 19.1. The predicted molar refractivity (Wildman–Crippen MR) is 96.6 cm³/mol. The Morgan fingerprint density at radius 2 is 1.91 bits per heavy atom. The fraction of sp³-hybridized carbons (Fsp3) is 0.722. The Balaban J connectivity index is -0.000000498. The molecule has 0 aliphatic carbocycles. The molecule has 1 unspecified atom stereocenters. The largest absolute Gasteiger partial charge is 0.388 e. The molecule has 0 aromatic carbocycles. The van der Waals surface area contributed by atoms with Gasteiger partial charge in [0.25, 0.3) is 0 Å². The van der Waals surface area contributed by atoms with Crippen LogP contribution >= 0.6 is 0 Å². The molecule has 3 nitrogen and oxygen atoms in total. The van der Waals surface area contributed by atoms with Crippen LogP contribution in [-0.4, -0.2) is 24.9 Å². The number of carbonyl (C=O) groups excluding carboxylic acids is 1. The van der Waals surface area contributed by atoms with Crippen LogP contribution < -0.4 is 10.6 Å². The first-order valence-corrected chi connectivity index (χ1v) is 8.46. The number of allylic oxidation sites excluding steroid dienone is 2. The monoisotopic (exact) mass is 316 g/mol. The van der Waals surface area contributed by atoms with Gasteiger partial charge in [-0.1, -0.05) is 32.9 Å². The summed E-state index contributed by atoms with van der Waals surface area (Å²) < 4.78 is 12.0. The van der Waals surface area contributed by atoms with E-state index in [2.05, 4.69) is 23.6 Å². The number of halogens is 1. The molecule has 132 valence electrons. The summed E-state index contributed by atoms with van der Waals surface area (Å²) in [6, 6.07) is 0.606. The van der Waals surface area contributed by atoms with Gasteiger partial charge < -0.3 is 15.4 Å². The molecule has 0 saturated carbocycles. The lowest BCUT2D eigenvalue weighted by Crippen LogP contribution is -2.37. The van der Waals surface area contributed by atoms with Crippen LogP contribution in [0.15, 0.2) is 24.7 Å². The molecule has 2 N–H and O–H groups in total. The molecule has 0 radical (unpaired) electrons. The number of piperidine rings is 1. The maximum Gasteiger partial charge on any atom is 0.126 e. The van der Waals surface area contributed by atoms with Crippen molar-refractivity contribution in [1.29, 1.82) is 0 Å². The highest BCUT2D eigenvalue weighted by Crippen LogP contribution is 2.10. The minimum absolute atomic E-state index is 0. The van der Waals surface area contributed by atoms with Crippen molar-refractivity contribution < 1.29 is 10.6 Å². The summed E-state index contributed by atoms with van der Waals surface area (Å²) in [5.41, 5.74) is 0. The first kappa shape index (κ1) is 23.1. The Morgan fingerprint density at radius 3 is 2.36 bits per heavy atom. The molecule has 1 aliphatic heterocycles. The summed E-state index contributed by atoms with van der Waals surface area (Å²) in [4.78, 5) is 9.44. The van der Waals surface area contributed by atoms with Crippen molar-refractivity contribution in [3.05, 3.63) is 24.7 Å². The van der Waals surface area contributed by atoms with Crippen LogP contribution in [0.25, 0.3) is 0 Å². The molecule has 0 bridgehead atoms. The average Bonchev–Trinajstić information content (AvgIpc) is 2.53. The standard InChI is InChI=1S/C13H23FN2.C3H6O.C2H6.H2/c1-2-12(5-8-14)4-3-9-16-13-6-10-15-11-7-13;1-3(2)4;1-2;/h3,5,8-9,12-13,15-16H,2,4,6-7,10-11H2,1H3;1-2H3;1-2H3;1H/b8-5+,9-3+;;;. The van der Waals surface area contributed by atoms with E-state index in [1.165, 1.54) is 26.7 Å². The van der Waals surface area contributed by atoms with Gasteiger partial charge in [-0.25, -0.2) is 4.39 Å². The summed E-state index contributed by atoms with van der Waals surface area (Å²) in [6.45, 7) is 11.3. The lowest BCUT2D eigenvalue weighted by atomic mass is 10.0. The van der Waals surface area contributed by atoms with Crippen LogP contribution in [-0.2, 0) is 4.79 Å². The summed E-state index contributed by atoms with van der Waals surface area (Å²) >= 11 is 0. The molecule has 0 amide bonds. The van der Waals surface area contributed by atoms with E-state index in [0.717, 1.165) is 25.9 Å². The van der Waals surface area contributed by atoms with Crippen molar-refractivity contribution in [3.8, 4) is 0 Å². The molecule has 1 saturated heterocycles. The lowest BCUT2D eigenvalue weighted by Gasteiger charge is -2.22. The molecule has 1 rings (SSSR count). The Kier molecular flexibility index (Phi) is 18.8. The first-order chi connectivity index (χ1) is 10.6. The topological polar surface area (TPSA) is 41.1 Å². The Labute approximate surface area is 137 Å². The van der Waals surface area contributed by atoms with Crippen LogP contribution in [0.2, 0.25) is 0 Å². The van der Waals surface area contributed by atoms with Crippen LogP contribution in [0, 0.1) is 5.92 Å². The number of ketones is 1. The zero-order valence-corrected chi connectivity index (χ0v) is 15.0. The third-order valence-electron chi connectivity index (χ3n) is 3.10. The van der Waals surface area contributed by atoms with E-state index in [4.69, 9.17) is 0 Å². The van der Waals surface area contributed by atoms with Gasteiger partial charge >= 0.3 is 0 Å². The second-order valence-corrected chi connectivity index (χ2v) is 5.22. The zero-order valence-electron chi connectivity index (χ0n) is 15.0. The minimum Gasteiger partial charge on any atom is -0.388 e. The number of rotatable bonds is 6. The normalized spacial score (nSPS) is 16.5. The Hall–Kier alpha value is -1.16. The van der Waals surface area contributed by atoms with Crippen molar-refractivity contribution in [2.24, 2.45) is 5.92 Å². The second-order valence-electron chi connectivity index (χ2n) is 5.22. The smallest absolute Gasteiger partial charge is 0.126 e. The van der Waals surface area contributed by atoms with Crippen LogP contribution in [0.3, 0.4) is 0 Å². The SMILES string of the molecule is CC.CC(C)=O.CCC(/C=C/F)C/C=C/NC1CCNCC1.[HH]. The highest BCUT2D eigenvalue weighted by molar-refractivity contribution is 5.72. The molecule has 0 aromatic rings. The maximum atomic E-state index is 12.0. The molecule has 1 atom stereocenters. The summed E-state index contributed by atoms with van der Waals surface area (Å²) in [7, 11) is 0. The molecule has 0 aromatic heterocycles. The molecule has 0 spiro atoms. The molecule has 22 heavy (non-hydrogen) atoms. The number of carbonyl (C=O) groups is 1. The molecule has 1 heterocycles. The van der Waals surface area contributed by atoms with Gasteiger partial charge in [-0.05, 0) is 64.7 Å². The van der Waals surface area contributed by atoms with Gasteiger partial charge in [-0.2, -0.15) is 0 Å². The van der Waals surface area contributed by atoms with Gasteiger partial charge in [-0.15, -0.1) is 0 Å². The van der Waals surface area contributed by atoms with E-state index in [0.29, 0.717) is 18.3 Å². The van der Waals surface area contributed by atoms with Gasteiger partial charge in [0, 0.05) is 7.47 Å². The number of nitrogens with one attached hydrogen (secondary N) is 2. The van der Waals surface area contributed by atoms with E-state index in [1.807, 2.05) is 20.0 Å². The highest BCUT2D eigenvalue weighted by Gasteiger charge is 2.09. The summed E-state index contributed by atoms with van der Waals surface area (Å²) in [5, 5.41) is 6.74. The van der Waals surface area contributed by atoms with Gasteiger partial charge in [0.2, 0.25) is 0 Å². The number of hydrogen-bond acceptors (Lipinski definition) is 3. The molecule has 4 heteroatoms. The van der Waals surface area contributed by atoms with Crippen molar-refractivity contribution in [2.45, 2.75) is 66.3 Å². The lowest BCUT2D eigenvalue weighted by molar-refractivity contribution is -0.114. The van der Waals surface area contributed by atoms with E-state index in [-0.39, 0.29) is 7.21 Å². The quantitative estimate of drug-likeness (QED) is 0.752. The van der Waals surface area contributed by atoms with Crippen molar-refractivity contribution in [1.82, 2.24) is 10.6 Å². The Bertz CT molecular complexity index is 299.